The van der Waals surface area contributed by atoms with Crippen LogP contribution in [0, 0.1) is 0 Å². The molecule has 6 nitrogen and oxygen atoms in total. The zero-order valence-electron chi connectivity index (χ0n) is 14.3. The largest absolute Gasteiger partial charge is 0.507 e. The molecule has 1 aliphatic heterocycles. The molecule has 0 unspecified atom stereocenters. The van der Waals surface area contributed by atoms with Crippen molar-refractivity contribution in [2.24, 2.45) is 0 Å². The van der Waals surface area contributed by atoms with Gasteiger partial charge in [0, 0.05) is 22.8 Å². The molecule has 2 aliphatic rings. The predicted octanol–water partition coefficient (Wildman–Crippen LogP) is 3.87. The average Bonchev–Trinajstić information content (AvgIpc) is 2.67. The first kappa shape index (κ1) is 16.6. The number of rotatable bonds is 2. The number of ketones is 1. The molecule has 0 bridgehead atoms. The van der Waals surface area contributed by atoms with E-state index in [-0.39, 0.29) is 28.5 Å². The first-order valence-corrected chi connectivity index (χ1v) is 10.0. The number of phenolic OH excluding ortho intramolecular Hbond substituents is 1. The van der Waals surface area contributed by atoms with Gasteiger partial charge >= 0.3 is 0 Å². The summed E-state index contributed by atoms with van der Waals surface area (Å²) in [6.45, 7) is 0. The van der Waals surface area contributed by atoms with Gasteiger partial charge < -0.3 is 9.84 Å². The highest BCUT2D eigenvalue weighted by molar-refractivity contribution is 7.95. The Balaban J connectivity index is 1.82. The Morgan fingerprint density at radius 2 is 1.57 bits per heavy atom. The number of sulfonamides is 1. The van der Waals surface area contributed by atoms with Crippen LogP contribution in [0.3, 0.4) is 0 Å². The van der Waals surface area contributed by atoms with Crippen molar-refractivity contribution in [1.82, 2.24) is 0 Å². The number of carbonyl (C=O) groups excluding carboxylic acids is 1. The molecule has 3 aromatic carbocycles. The zero-order chi connectivity index (χ0) is 19.5. The Hall–Kier alpha value is -3.58. The van der Waals surface area contributed by atoms with Gasteiger partial charge in [0.05, 0.1) is 11.0 Å². The third-order valence-corrected chi connectivity index (χ3v) is 5.75. The van der Waals surface area contributed by atoms with E-state index >= 15 is 0 Å². The lowest BCUT2D eigenvalue weighted by Gasteiger charge is -2.29. The molecule has 0 saturated carbocycles. The average molecular weight is 391 g/mol. The number of para-hydroxylation sites is 1. The van der Waals surface area contributed by atoms with Crippen molar-refractivity contribution in [2.45, 2.75) is 0 Å². The molecule has 3 aromatic rings. The van der Waals surface area contributed by atoms with Crippen molar-refractivity contribution in [1.29, 1.82) is 0 Å². The zero-order valence-corrected chi connectivity index (χ0v) is 15.2. The van der Waals surface area contributed by atoms with E-state index in [1.165, 1.54) is 6.07 Å². The van der Waals surface area contributed by atoms with Crippen LogP contribution in [0.25, 0.3) is 5.57 Å². The van der Waals surface area contributed by atoms with Crippen molar-refractivity contribution >= 4 is 27.1 Å². The fourth-order valence-electron chi connectivity index (χ4n) is 3.58. The topological polar surface area (TPSA) is 92.7 Å². The van der Waals surface area contributed by atoms with Crippen LogP contribution in [-0.2, 0) is 10.0 Å². The molecule has 0 fully saturated rings. The van der Waals surface area contributed by atoms with Crippen molar-refractivity contribution in [3.05, 3.63) is 88.3 Å². The molecule has 0 radical (unpaired) electrons. The highest BCUT2D eigenvalue weighted by Crippen LogP contribution is 2.50. The van der Waals surface area contributed by atoms with Crippen LogP contribution in [0.15, 0.2) is 66.1 Å². The Labute approximate surface area is 160 Å². The van der Waals surface area contributed by atoms with E-state index in [4.69, 9.17) is 4.74 Å². The molecule has 0 saturated heterocycles. The van der Waals surface area contributed by atoms with Crippen LogP contribution in [0.5, 0.6) is 17.2 Å². The van der Waals surface area contributed by atoms with Crippen LogP contribution in [-0.4, -0.2) is 19.3 Å². The maximum atomic E-state index is 13.0. The number of hydrogen-bond donors (Lipinski definition) is 2. The Morgan fingerprint density at radius 1 is 0.893 bits per heavy atom. The fraction of sp³-hybridized carbons (Fsp3) is 0. The maximum Gasteiger partial charge on any atom is 0.255 e. The Kier molecular flexibility index (Phi) is 3.38. The minimum Gasteiger partial charge on any atom is -0.507 e. The number of hydrogen-bond acceptors (Lipinski definition) is 5. The van der Waals surface area contributed by atoms with Gasteiger partial charge in [-0.15, -0.1) is 0 Å². The van der Waals surface area contributed by atoms with E-state index in [1.807, 2.05) is 6.07 Å². The van der Waals surface area contributed by atoms with Crippen molar-refractivity contribution in [2.75, 3.05) is 4.72 Å². The number of benzene rings is 3. The summed E-state index contributed by atoms with van der Waals surface area (Å²) in [5.41, 5.74) is 1.72. The molecule has 28 heavy (non-hydrogen) atoms. The second kappa shape index (κ2) is 5.71. The second-order valence-electron chi connectivity index (χ2n) is 6.49. The van der Waals surface area contributed by atoms with E-state index in [2.05, 4.69) is 4.72 Å². The Bertz CT molecular complexity index is 1290. The van der Waals surface area contributed by atoms with E-state index in [0.717, 1.165) is 5.41 Å². The lowest BCUT2D eigenvalue weighted by Crippen LogP contribution is -2.23. The summed E-state index contributed by atoms with van der Waals surface area (Å²) in [7, 11) is -3.81. The highest BCUT2D eigenvalue weighted by atomic mass is 32.2. The highest BCUT2D eigenvalue weighted by Gasteiger charge is 2.37. The van der Waals surface area contributed by atoms with Gasteiger partial charge in [0.1, 0.15) is 17.2 Å². The molecule has 0 amide bonds. The van der Waals surface area contributed by atoms with E-state index in [9.17, 15) is 18.3 Å². The van der Waals surface area contributed by atoms with E-state index < -0.39 is 10.0 Å². The molecule has 0 spiro atoms. The fourth-order valence-corrected chi connectivity index (χ4v) is 4.68. The van der Waals surface area contributed by atoms with Gasteiger partial charge in [-0.05, 0) is 17.7 Å². The van der Waals surface area contributed by atoms with Crippen LogP contribution < -0.4 is 9.46 Å². The third-order valence-electron chi connectivity index (χ3n) is 4.72. The number of ether oxygens (including phenoxy) is 1. The minimum atomic E-state index is -3.81. The quantitative estimate of drug-likeness (QED) is 0.506. The van der Waals surface area contributed by atoms with Gasteiger partial charge in [-0.1, -0.05) is 42.5 Å². The number of carbonyl (C=O) groups is 1. The molecule has 2 N–H and O–H groups in total. The summed E-state index contributed by atoms with van der Waals surface area (Å²) < 4.78 is 33.3. The molecule has 0 aromatic heterocycles. The summed E-state index contributed by atoms with van der Waals surface area (Å²) in [4.78, 5) is 13.0. The summed E-state index contributed by atoms with van der Waals surface area (Å²) in [5, 5.41) is 11.7. The van der Waals surface area contributed by atoms with Gasteiger partial charge in [-0.2, -0.15) is 0 Å². The molecule has 5 rings (SSSR count). The Morgan fingerprint density at radius 3 is 2.32 bits per heavy atom. The molecule has 138 valence electrons. The maximum absolute atomic E-state index is 13.0. The smallest absolute Gasteiger partial charge is 0.255 e. The first-order chi connectivity index (χ1) is 13.4. The second-order valence-corrected chi connectivity index (χ2v) is 8.02. The van der Waals surface area contributed by atoms with Crippen LogP contribution in [0.1, 0.15) is 27.0 Å². The van der Waals surface area contributed by atoms with Gasteiger partial charge in [0.15, 0.2) is 11.5 Å². The lowest BCUT2D eigenvalue weighted by atomic mass is 9.80. The monoisotopic (exact) mass is 391 g/mol. The molecule has 7 heteroatoms. The number of aromatic hydroxyl groups is 1. The minimum absolute atomic E-state index is 0.0581. The number of phenols is 1. The SMILES string of the molecule is O=C1c2ccccc2C2=CS(=O)(=O)Nc3c(Oc4ccccc4)cc(O)c1c32. The van der Waals surface area contributed by atoms with Crippen LogP contribution in [0.2, 0.25) is 0 Å². The lowest BCUT2D eigenvalue weighted by molar-refractivity contribution is 0.103. The van der Waals surface area contributed by atoms with Gasteiger partial charge in [0.25, 0.3) is 10.0 Å². The van der Waals surface area contributed by atoms with Gasteiger partial charge in [-0.25, -0.2) is 8.42 Å². The van der Waals surface area contributed by atoms with Gasteiger partial charge in [0.2, 0.25) is 0 Å². The molecular weight excluding hydrogens is 378 g/mol. The normalized spacial score (nSPS) is 15.7. The van der Waals surface area contributed by atoms with Gasteiger partial charge in [-0.3, -0.25) is 9.52 Å². The third kappa shape index (κ3) is 2.40. The van der Waals surface area contributed by atoms with Crippen molar-refractivity contribution < 1.29 is 23.1 Å². The van der Waals surface area contributed by atoms with Crippen LogP contribution in [0.4, 0.5) is 5.69 Å². The first-order valence-electron chi connectivity index (χ1n) is 8.46. The summed E-state index contributed by atoms with van der Waals surface area (Å²) >= 11 is 0. The molecule has 1 aliphatic carbocycles. The standard InChI is InChI=1S/C21H13NO5S/c23-16-10-17(27-12-6-2-1-3-7-12)20-18-15(11-28(25,26)22-20)13-8-4-5-9-14(13)21(24)19(16)18/h1-11,22-23H. The van der Waals surface area contributed by atoms with Crippen molar-refractivity contribution in [3.8, 4) is 17.2 Å². The number of fused-ring (bicyclic) bond motifs is 2. The number of anilines is 1. The summed E-state index contributed by atoms with van der Waals surface area (Å²) in [6, 6.07) is 16.8. The molecule has 1 heterocycles. The predicted molar refractivity (Wildman–Crippen MR) is 104 cm³/mol. The molecule has 0 atom stereocenters. The van der Waals surface area contributed by atoms with Crippen LogP contribution >= 0.6 is 0 Å². The van der Waals surface area contributed by atoms with Crippen molar-refractivity contribution in [3.63, 3.8) is 0 Å². The van der Waals surface area contributed by atoms with E-state index in [1.54, 1.807) is 48.5 Å². The van der Waals surface area contributed by atoms with E-state index in [0.29, 0.717) is 28.0 Å². The summed E-state index contributed by atoms with van der Waals surface area (Å²) in [5.74, 6) is -0.0511. The number of nitrogens with one attached hydrogen (secondary N) is 1. The summed E-state index contributed by atoms with van der Waals surface area (Å²) in [6.07, 6.45) is 0. The molecular formula is C21H13NO5S.